The summed E-state index contributed by atoms with van der Waals surface area (Å²) in [6, 6.07) is 7.36. The SMILES string of the molecule is COc1ccc(CN(C(=O)CN2C(=O)NC3(CCCC3)C2=O)C2CC2)cc1. The number of nitrogens with zero attached hydrogens (tertiary/aromatic N) is 2. The molecule has 0 radical (unpaired) electrons. The summed E-state index contributed by atoms with van der Waals surface area (Å²) in [5.41, 5.74) is 0.234. The molecule has 1 N–H and O–H groups in total. The van der Waals surface area contributed by atoms with Crippen LogP contribution >= 0.6 is 0 Å². The molecule has 7 nitrogen and oxygen atoms in total. The Balaban J connectivity index is 1.45. The van der Waals surface area contributed by atoms with Gasteiger partial charge in [-0.1, -0.05) is 25.0 Å². The molecule has 1 aliphatic heterocycles. The van der Waals surface area contributed by atoms with Crippen LogP contribution in [0.5, 0.6) is 5.75 Å². The van der Waals surface area contributed by atoms with Crippen LogP contribution in [0.3, 0.4) is 0 Å². The van der Waals surface area contributed by atoms with Crippen molar-refractivity contribution in [2.45, 2.75) is 56.7 Å². The van der Waals surface area contributed by atoms with Crippen LogP contribution < -0.4 is 10.1 Å². The van der Waals surface area contributed by atoms with Crippen LogP contribution in [0.25, 0.3) is 0 Å². The van der Waals surface area contributed by atoms with E-state index in [1.54, 1.807) is 12.0 Å². The molecule has 3 fully saturated rings. The molecule has 1 aromatic rings. The first-order chi connectivity index (χ1) is 13.0. The third-order valence-corrected chi connectivity index (χ3v) is 5.82. The molecule has 0 bridgehead atoms. The van der Waals surface area contributed by atoms with Crippen LogP contribution in [0.4, 0.5) is 4.79 Å². The van der Waals surface area contributed by atoms with Gasteiger partial charge in [0.25, 0.3) is 5.91 Å². The first-order valence-electron chi connectivity index (χ1n) is 9.59. The second kappa shape index (κ2) is 6.87. The van der Waals surface area contributed by atoms with Crippen LogP contribution in [0, 0.1) is 0 Å². The molecule has 0 atom stereocenters. The molecule has 0 unspecified atom stereocenters. The van der Waals surface area contributed by atoms with E-state index in [0.29, 0.717) is 19.4 Å². The Hall–Kier alpha value is -2.57. The summed E-state index contributed by atoms with van der Waals surface area (Å²) in [6.45, 7) is 0.293. The average Bonchev–Trinajstić information content (AvgIpc) is 3.36. The molecule has 27 heavy (non-hydrogen) atoms. The molecule has 3 aliphatic rings. The number of hydrogen-bond acceptors (Lipinski definition) is 4. The third-order valence-electron chi connectivity index (χ3n) is 5.82. The molecule has 2 saturated carbocycles. The number of imide groups is 1. The fraction of sp³-hybridized carbons (Fsp3) is 0.550. The molecule has 1 aromatic carbocycles. The molecule has 2 aliphatic carbocycles. The Kier molecular flexibility index (Phi) is 4.53. The number of carbonyl (C=O) groups excluding carboxylic acids is 3. The third kappa shape index (κ3) is 3.38. The van der Waals surface area contributed by atoms with Gasteiger partial charge in [0, 0.05) is 12.6 Å². The molecule has 7 heteroatoms. The van der Waals surface area contributed by atoms with Crippen LogP contribution in [0.2, 0.25) is 0 Å². The molecular weight excluding hydrogens is 346 g/mol. The maximum absolute atomic E-state index is 12.9. The van der Waals surface area contributed by atoms with Crippen molar-refractivity contribution in [3.05, 3.63) is 29.8 Å². The van der Waals surface area contributed by atoms with Gasteiger partial charge in [-0.2, -0.15) is 0 Å². The molecule has 0 aromatic heterocycles. The Morgan fingerprint density at radius 3 is 2.48 bits per heavy atom. The zero-order chi connectivity index (χ0) is 19.0. The number of methoxy groups -OCH3 is 1. The van der Waals surface area contributed by atoms with Crippen molar-refractivity contribution in [2.24, 2.45) is 0 Å². The Labute approximate surface area is 158 Å². The second-order valence-corrected chi connectivity index (χ2v) is 7.71. The first-order valence-corrected chi connectivity index (χ1v) is 9.59. The molecule has 4 rings (SSSR count). The number of carbonyl (C=O) groups is 3. The lowest BCUT2D eigenvalue weighted by atomic mass is 9.98. The van der Waals surface area contributed by atoms with Crippen molar-refractivity contribution in [1.82, 2.24) is 15.1 Å². The van der Waals surface area contributed by atoms with Gasteiger partial charge in [0.2, 0.25) is 5.91 Å². The molecular formula is C20H25N3O4. The predicted molar refractivity (Wildman–Crippen MR) is 98.0 cm³/mol. The average molecular weight is 371 g/mol. The van der Waals surface area contributed by atoms with Gasteiger partial charge in [-0.05, 0) is 43.4 Å². The van der Waals surface area contributed by atoms with Crippen molar-refractivity contribution in [3.63, 3.8) is 0 Å². The minimum atomic E-state index is -0.766. The summed E-state index contributed by atoms with van der Waals surface area (Å²) in [4.78, 5) is 40.9. The predicted octanol–water partition coefficient (Wildman–Crippen LogP) is 2.05. The Morgan fingerprint density at radius 1 is 1.22 bits per heavy atom. The number of benzene rings is 1. The number of ether oxygens (including phenoxy) is 1. The van der Waals surface area contributed by atoms with E-state index in [9.17, 15) is 14.4 Å². The van der Waals surface area contributed by atoms with Crippen molar-refractivity contribution >= 4 is 17.8 Å². The lowest BCUT2D eigenvalue weighted by molar-refractivity contribution is -0.139. The second-order valence-electron chi connectivity index (χ2n) is 7.71. The highest BCUT2D eigenvalue weighted by Gasteiger charge is 2.53. The van der Waals surface area contributed by atoms with Crippen LogP contribution in [-0.2, 0) is 16.1 Å². The van der Waals surface area contributed by atoms with Gasteiger partial charge >= 0.3 is 6.03 Å². The van der Waals surface area contributed by atoms with Gasteiger partial charge in [-0.25, -0.2) is 4.79 Å². The minimum absolute atomic E-state index is 0.174. The zero-order valence-corrected chi connectivity index (χ0v) is 15.6. The summed E-state index contributed by atoms with van der Waals surface area (Å²) in [5.74, 6) is 0.356. The van der Waals surface area contributed by atoms with Crippen LogP contribution in [0.1, 0.15) is 44.1 Å². The maximum Gasteiger partial charge on any atom is 0.325 e. The van der Waals surface area contributed by atoms with E-state index in [1.165, 1.54) is 0 Å². The summed E-state index contributed by atoms with van der Waals surface area (Å²) in [6.07, 6.45) is 5.12. The quantitative estimate of drug-likeness (QED) is 0.777. The minimum Gasteiger partial charge on any atom is -0.497 e. The molecule has 144 valence electrons. The van der Waals surface area contributed by atoms with Gasteiger partial charge < -0.3 is 15.0 Å². The Bertz CT molecular complexity index is 751. The van der Waals surface area contributed by atoms with E-state index in [0.717, 1.165) is 41.9 Å². The number of nitrogens with one attached hydrogen (secondary N) is 1. The van der Waals surface area contributed by atoms with Crippen molar-refractivity contribution in [2.75, 3.05) is 13.7 Å². The van der Waals surface area contributed by atoms with E-state index in [1.807, 2.05) is 24.3 Å². The van der Waals surface area contributed by atoms with Crippen molar-refractivity contribution in [3.8, 4) is 5.75 Å². The highest BCUT2D eigenvalue weighted by molar-refractivity contribution is 6.09. The number of rotatable bonds is 6. The molecule has 4 amide bonds. The summed E-state index contributed by atoms with van der Waals surface area (Å²) in [7, 11) is 1.62. The lowest BCUT2D eigenvalue weighted by Crippen LogP contribution is -2.46. The van der Waals surface area contributed by atoms with Crippen molar-refractivity contribution < 1.29 is 19.1 Å². The van der Waals surface area contributed by atoms with Gasteiger partial charge in [0.15, 0.2) is 0 Å². The highest BCUT2D eigenvalue weighted by atomic mass is 16.5. The summed E-state index contributed by atoms with van der Waals surface area (Å²) >= 11 is 0. The Morgan fingerprint density at radius 2 is 1.89 bits per heavy atom. The molecule has 1 heterocycles. The summed E-state index contributed by atoms with van der Waals surface area (Å²) < 4.78 is 5.17. The normalized spacial score (nSPS) is 20.9. The van der Waals surface area contributed by atoms with E-state index >= 15 is 0 Å². The van der Waals surface area contributed by atoms with E-state index in [-0.39, 0.29) is 24.4 Å². The molecule has 1 spiro atoms. The van der Waals surface area contributed by atoms with Gasteiger partial charge in [0.05, 0.1) is 7.11 Å². The van der Waals surface area contributed by atoms with E-state index in [4.69, 9.17) is 4.74 Å². The lowest BCUT2D eigenvalue weighted by Gasteiger charge is -2.25. The largest absolute Gasteiger partial charge is 0.497 e. The van der Waals surface area contributed by atoms with E-state index < -0.39 is 11.6 Å². The van der Waals surface area contributed by atoms with E-state index in [2.05, 4.69) is 5.32 Å². The number of amides is 4. The zero-order valence-electron chi connectivity index (χ0n) is 15.6. The maximum atomic E-state index is 12.9. The van der Waals surface area contributed by atoms with Gasteiger partial charge in [-0.3, -0.25) is 14.5 Å². The van der Waals surface area contributed by atoms with Crippen LogP contribution in [-0.4, -0.2) is 52.9 Å². The first kappa shape index (κ1) is 17.8. The summed E-state index contributed by atoms with van der Waals surface area (Å²) in [5, 5.41) is 2.83. The fourth-order valence-electron chi connectivity index (χ4n) is 4.10. The smallest absolute Gasteiger partial charge is 0.325 e. The number of hydrogen-bond donors (Lipinski definition) is 1. The topological polar surface area (TPSA) is 79.0 Å². The highest BCUT2D eigenvalue weighted by Crippen LogP contribution is 2.35. The standard InChI is InChI=1S/C20H25N3O4/c1-27-16-8-4-14(5-9-16)12-22(15-6-7-15)17(24)13-23-18(25)20(21-19(23)26)10-2-3-11-20/h4-5,8-9,15H,2-3,6-7,10-13H2,1H3,(H,21,26). The van der Waals surface area contributed by atoms with Crippen molar-refractivity contribution in [1.29, 1.82) is 0 Å². The van der Waals surface area contributed by atoms with Crippen LogP contribution in [0.15, 0.2) is 24.3 Å². The monoisotopic (exact) mass is 371 g/mol. The van der Waals surface area contributed by atoms with Gasteiger partial charge in [-0.15, -0.1) is 0 Å². The van der Waals surface area contributed by atoms with Gasteiger partial charge in [0.1, 0.15) is 17.8 Å². The number of urea groups is 1. The fourth-order valence-corrected chi connectivity index (χ4v) is 4.10. The molecule has 1 saturated heterocycles.